The number of methoxy groups -OCH3 is 1. The Morgan fingerprint density at radius 2 is 2.29 bits per heavy atom. The van der Waals surface area contributed by atoms with Crippen LogP contribution in [0.5, 0.6) is 5.75 Å². The SMILES string of the molecule is COc1ccc(-c2nc(CCO)cs2)c(Cl)c1. The number of ether oxygens (including phenoxy) is 1. The van der Waals surface area contributed by atoms with Gasteiger partial charge in [-0.3, -0.25) is 0 Å². The quantitative estimate of drug-likeness (QED) is 0.928. The third-order valence-electron chi connectivity index (χ3n) is 2.33. The van der Waals surface area contributed by atoms with Gasteiger partial charge in [-0.25, -0.2) is 4.98 Å². The Bertz CT molecular complexity index is 513. The van der Waals surface area contributed by atoms with E-state index in [1.54, 1.807) is 13.2 Å². The van der Waals surface area contributed by atoms with Gasteiger partial charge in [-0.15, -0.1) is 11.3 Å². The largest absolute Gasteiger partial charge is 0.497 e. The lowest BCUT2D eigenvalue weighted by atomic mass is 10.2. The number of hydrogen-bond donors (Lipinski definition) is 1. The first-order chi connectivity index (χ1) is 8.24. The first-order valence-corrected chi connectivity index (χ1v) is 6.39. The molecule has 1 aromatic heterocycles. The van der Waals surface area contributed by atoms with Crippen molar-refractivity contribution in [1.29, 1.82) is 0 Å². The average Bonchev–Trinajstić information content (AvgIpc) is 2.78. The van der Waals surface area contributed by atoms with Crippen LogP contribution < -0.4 is 4.74 Å². The first-order valence-electron chi connectivity index (χ1n) is 5.13. The van der Waals surface area contributed by atoms with E-state index in [9.17, 15) is 0 Å². The van der Waals surface area contributed by atoms with Gasteiger partial charge in [-0.05, 0) is 18.2 Å². The summed E-state index contributed by atoms with van der Waals surface area (Å²) in [5.74, 6) is 0.728. The molecule has 1 aromatic carbocycles. The Labute approximate surface area is 109 Å². The van der Waals surface area contributed by atoms with Crippen molar-refractivity contribution in [3.63, 3.8) is 0 Å². The summed E-state index contributed by atoms with van der Waals surface area (Å²) in [6.07, 6.45) is 0.574. The lowest BCUT2D eigenvalue weighted by Crippen LogP contribution is -1.90. The van der Waals surface area contributed by atoms with E-state index in [1.165, 1.54) is 11.3 Å². The molecule has 0 atom stereocenters. The van der Waals surface area contributed by atoms with Gasteiger partial charge in [0.1, 0.15) is 10.8 Å². The Kier molecular flexibility index (Phi) is 3.99. The monoisotopic (exact) mass is 269 g/mol. The molecule has 3 nitrogen and oxygen atoms in total. The molecule has 0 saturated heterocycles. The smallest absolute Gasteiger partial charge is 0.125 e. The summed E-state index contributed by atoms with van der Waals surface area (Å²) in [7, 11) is 1.61. The van der Waals surface area contributed by atoms with Crippen LogP contribution in [0.4, 0.5) is 0 Å². The molecule has 0 radical (unpaired) electrons. The molecule has 0 unspecified atom stereocenters. The van der Waals surface area contributed by atoms with E-state index in [-0.39, 0.29) is 6.61 Å². The van der Waals surface area contributed by atoms with Crippen LogP contribution >= 0.6 is 22.9 Å². The van der Waals surface area contributed by atoms with Gasteiger partial charge in [0.25, 0.3) is 0 Å². The third kappa shape index (κ3) is 2.77. The molecule has 90 valence electrons. The molecule has 17 heavy (non-hydrogen) atoms. The minimum atomic E-state index is 0.111. The fourth-order valence-electron chi connectivity index (χ4n) is 1.46. The number of benzene rings is 1. The molecule has 0 aliphatic rings. The van der Waals surface area contributed by atoms with E-state index in [0.29, 0.717) is 11.4 Å². The van der Waals surface area contributed by atoms with Gasteiger partial charge < -0.3 is 9.84 Å². The molecule has 0 saturated carbocycles. The highest BCUT2D eigenvalue weighted by atomic mass is 35.5. The molecule has 2 rings (SSSR count). The number of aromatic nitrogens is 1. The molecule has 0 bridgehead atoms. The summed E-state index contributed by atoms with van der Waals surface area (Å²) >= 11 is 7.69. The van der Waals surface area contributed by atoms with Crippen LogP contribution in [0.25, 0.3) is 10.6 Å². The predicted octanol–water partition coefficient (Wildman–Crippen LogP) is 3.01. The molecule has 0 spiro atoms. The number of aliphatic hydroxyl groups is 1. The molecule has 2 aromatic rings. The maximum Gasteiger partial charge on any atom is 0.125 e. The van der Waals surface area contributed by atoms with E-state index in [2.05, 4.69) is 4.98 Å². The predicted molar refractivity (Wildman–Crippen MR) is 69.9 cm³/mol. The van der Waals surface area contributed by atoms with Crippen molar-refractivity contribution in [3.05, 3.63) is 34.3 Å². The van der Waals surface area contributed by atoms with Crippen LogP contribution in [0.1, 0.15) is 5.69 Å². The van der Waals surface area contributed by atoms with Crippen LogP contribution in [0.2, 0.25) is 5.02 Å². The van der Waals surface area contributed by atoms with Gasteiger partial charge in [-0.2, -0.15) is 0 Å². The Morgan fingerprint density at radius 3 is 2.94 bits per heavy atom. The van der Waals surface area contributed by atoms with Crippen molar-refractivity contribution in [3.8, 4) is 16.3 Å². The van der Waals surface area contributed by atoms with Crippen LogP contribution in [0, 0.1) is 0 Å². The minimum Gasteiger partial charge on any atom is -0.497 e. The van der Waals surface area contributed by atoms with Crippen molar-refractivity contribution in [2.24, 2.45) is 0 Å². The number of thiazole rings is 1. The highest BCUT2D eigenvalue weighted by Crippen LogP contribution is 2.33. The number of nitrogens with zero attached hydrogens (tertiary/aromatic N) is 1. The van der Waals surface area contributed by atoms with E-state index in [1.807, 2.05) is 17.5 Å². The highest BCUT2D eigenvalue weighted by molar-refractivity contribution is 7.13. The summed E-state index contributed by atoms with van der Waals surface area (Å²) in [5, 5.41) is 12.3. The molecule has 5 heteroatoms. The van der Waals surface area contributed by atoms with Crippen molar-refractivity contribution in [2.45, 2.75) is 6.42 Å². The van der Waals surface area contributed by atoms with Gasteiger partial charge in [0.05, 0.1) is 17.8 Å². The Hall–Kier alpha value is -1.10. The maximum absolute atomic E-state index is 8.84. The third-order valence-corrected chi connectivity index (χ3v) is 3.56. The van der Waals surface area contributed by atoms with Crippen LogP contribution in [0.15, 0.2) is 23.6 Å². The lowest BCUT2D eigenvalue weighted by Gasteiger charge is -2.03. The summed E-state index contributed by atoms with van der Waals surface area (Å²) in [6.45, 7) is 0.111. The standard InChI is InChI=1S/C12H12ClNO2S/c1-16-9-2-3-10(11(13)6-9)12-14-8(4-5-15)7-17-12/h2-3,6-7,15H,4-5H2,1H3. The van der Waals surface area contributed by atoms with E-state index < -0.39 is 0 Å². The van der Waals surface area contributed by atoms with Gasteiger partial charge in [-0.1, -0.05) is 11.6 Å². The summed E-state index contributed by atoms with van der Waals surface area (Å²) in [6, 6.07) is 5.51. The summed E-state index contributed by atoms with van der Waals surface area (Å²) < 4.78 is 5.10. The minimum absolute atomic E-state index is 0.111. The molecule has 0 aliphatic carbocycles. The molecule has 0 aliphatic heterocycles. The maximum atomic E-state index is 8.84. The summed E-state index contributed by atoms with van der Waals surface area (Å²) in [4.78, 5) is 4.42. The number of aliphatic hydroxyl groups excluding tert-OH is 1. The zero-order chi connectivity index (χ0) is 12.3. The second-order valence-corrected chi connectivity index (χ2v) is 4.73. The number of hydrogen-bond acceptors (Lipinski definition) is 4. The number of rotatable bonds is 4. The zero-order valence-electron chi connectivity index (χ0n) is 9.31. The topological polar surface area (TPSA) is 42.4 Å². The van der Waals surface area contributed by atoms with E-state index in [4.69, 9.17) is 21.4 Å². The molecule has 0 amide bonds. The normalized spacial score (nSPS) is 10.5. The second kappa shape index (κ2) is 5.49. The fourth-order valence-corrected chi connectivity index (χ4v) is 2.67. The molecular formula is C12H12ClNO2S. The van der Waals surface area contributed by atoms with Crippen molar-refractivity contribution < 1.29 is 9.84 Å². The first kappa shape index (κ1) is 12.4. The van der Waals surface area contributed by atoms with Crippen molar-refractivity contribution in [1.82, 2.24) is 4.98 Å². The van der Waals surface area contributed by atoms with Crippen LogP contribution in [-0.4, -0.2) is 23.8 Å². The second-order valence-electron chi connectivity index (χ2n) is 3.46. The lowest BCUT2D eigenvalue weighted by molar-refractivity contribution is 0.298. The van der Waals surface area contributed by atoms with Crippen LogP contribution in [-0.2, 0) is 6.42 Å². The van der Waals surface area contributed by atoms with Gasteiger partial charge in [0.15, 0.2) is 0 Å². The zero-order valence-corrected chi connectivity index (χ0v) is 10.9. The molecule has 0 fully saturated rings. The summed E-state index contributed by atoms with van der Waals surface area (Å²) in [5.41, 5.74) is 1.78. The van der Waals surface area contributed by atoms with Gasteiger partial charge >= 0.3 is 0 Å². The molecule has 1 heterocycles. The van der Waals surface area contributed by atoms with Crippen molar-refractivity contribution >= 4 is 22.9 Å². The number of halogens is 1. The highest BCUT2D eigenvalue weighted by Gasteiger charge is 2.09. The molecule has 1 N–H and O–H groups in total. The van der Waals surface area contributed by atoms with Gasteiger partial charge in [0.2, 0.25) is 0 Å². The van der Waals surface area contributed by atoms with Gasteiger partial charge in [0, 0.05) is 24.0 Å². The van der Waals surface area contributed by atoms with E-state index in [0.717, 1.165) is 22.0 Å². The Balaban J connectivity index is 2.32. The van der Waals surface area contributed by atoms with E-state index >= 15 is 0 Å². The molecular weight excluding hydrogens is 258 g/mol. The van der Waals surface area contributed by atoms with Crippen molar-refractivity contribution in [2.75, 3.05) is 13.7 Å². The van der Waals surface area contributed by atoms with Crippen LogP contribution in [0.3, 0.4) is 0 Å². The fraction of sp³-hybridized carbons (Fsp3) is 0.250. The average molecular weight is 270 g/mol. The Morgan fingerprint density at radius 1 is 1.47 bits per heavy atom.